The molecule has 1 fully saturated rings. The minimum Gasteiger partial charge on any atom is -0.298 e. The molecular weight excluding hydrogens is 416 g/mol. The first-order valence-corrected chi connectivity index (χ1v) is 10.3. The van der Waals surface area contributed by atoms with Crippen molar-refractivity contribution in [1.29, 1.82) is 0 Å². The lowest BCUT2D eigenvalue weighted by atomic mass is 10.1. The minimum atomic E-state index is -0.399. The normalized spacial score (nSPS) is 13.6. The first-order chi connectivity index (χ1) is 14.9. The standard InChI is InChI=1S/C22H18N4O4S/c1-13(27)20-19(14-5-3-2-4-6-14)23-22(31-20)24-21(30)15-7-9-16(10-8-15)26-18(29)12-11-17(28)25-26/h2-10H,11-12H2,1H3,(H,25,28)(H,23,24,30). The van der Waals surface area contributed by atoms with Crippen LogP contribution in [0.1, 0.15) is 39.8 Å². The van der Waals surface area contributed by atoms with Crippen molar-refractivity contribution in [2.75, 3.05) is 10.3 Å². The highest BCUT2D eigenvalue weighted by atomic mass is 32.1. The smallest absolute Gasteiger partial charge is 0.257 e. The topological polar surface area (TPSA) is 108 Å². The maximum Gasteiger partial charge on any atom is 0.257 e. The molecule has 2 heterocycles. The number of anilines is 2. The summed E-state index contributed by atoms with van der Waals surface area (Å²) in [7, 11) is 0. The second-order valence-corrected chi connectivity index (χ2v) is 7.88. The van der Waals surface area contributed by atoms with Crippen molar-refractivity contribution in [2.45, 2.75) is 19.8 Å². The summed E-state index contributed by atoms with van der Waals surface area (Å²) in [5.74, 6) is -0.982. The van der Waals surface area contributed by atoms with Gasteiger partial charge in [-0.2, -0.15) is 0 Å². The van der Waals surface area contributed by atoms with Crippen LogP contribution in [0.3, 0.4) is 0 Å². The number of Topliss-reactive ketones (excluding diaryl/α,β-unsaturated/α-hetero) is 1. The molecule has 1 aliphatic rings. The fourth-order valence-corrected chi connectivity index (χ4v) is 4.00. The van der Waals surface area contributed by atoms with Crippen molar-refractivity contribution in [3.63, 3.8) is 0 Å². The molecule has 0 saturated carbocycles. The summed E-state index contributed by atoms with van der Waals surface area (Å²) in [6, 6.07) is 15.6. The Balaban J connectivity index is 1.53. The van der Waals surface area contributed by atoms with Gasteiger partial charge in [0, 0.05) is 30.9 Å². The quantitative estimate of drug-likeness (QED) is 0.598. The number of rotatable bonds is 5. The van der Waals surface area contributed by atoms with Crippen LogP contribution in [-0.2, 0) is 9.59 Å². The van der Waals surface area contributed by atoms with Crippen LogP contribution in [-0.4, -0.2) is 28.5 Å². The van der Waals surface area contributed by atoms with Crippen molar-refractivity contribution >= 4 is 45.7 Å². The van der Waals surface area contributed by atoms with Gasteiger partial charge in [0.25, 0.3) is 5.91 Å². The third kappa shape index (κ3) is 4.36. The van der Waals surface area contributed by atoms with Gasteiger partial charge < -0.3 is 0 Å². The molecule has 1 saturated heterocycles. The van der Waals surface area contributed by atoms with Crippen LogP contribution >= 0.6 is 11.3 Å². The molecular formula is C22H18N4O4S. The van der Waals surface area contributed by atoms with E-state index >= 15 is 0 Å². The van der Waals surface area contributed by atoms with E-state index in [2.05, 4.69) is 15.7 Å². The lowest BCUT2D eigenvalue weighted by molar-refractivity contribution is -0.130. The van der Waals surface area contributed by atoms with E-state index in [9.17, 15) is 19.2 Å². The van der Waals surface area contributed by atoms with Gasteiger partial charge in [0.1, 0.15) is 0 Å². The molecule has 3 aromatic rings. The lowest BCUT2D eigenvalue weighted by Crippen LogP contribution is -2.50. The second-order valence-electron chi connectivity index (χ2n) is 6.88. The van der Waals surface area contributed by atoms with E-state index in [1.165, 1.54) is 11.9 Å². The van der Waals surface area contributed by atoms with Crippen LogP contribution in [0.4, 0.5) is 10.8 Å². The van der Waals surface area contributed by atoms with Gasteiger partial charge in [-0.15, -0.1) is 0 Å². The van der Waals surface area contributed by atoms with Gasteiger partial charge in [-0.3, -0.25) is 29.9 Å². The van der Waals surface area contributed by atoms with Crippen LogP contribution in [0.25, 0.3) is 11.3 Å². The number of aromatic nitrogens is 1. The van der Waals surface area contributed by atoms with Crippen molar-refractivity contribution in [1.82, 2.24) is 10.4 Å². The number of amides is 3. The first-order valence-electron chi connectivity index (χ1n) is 9.53. The Morgan fingerprint density at radius 3 is 2.42 bits per heavy atom. The van der Waals surface area contributed by atoms with Gasteiger partial charge in [0.15, 0.2) is 10.9 Å². The molecule has 0 atom stereocenters. The fraction of sp³-hybridized carbons (Fsp3) is 0.136. The zero-order valence-electron chi connectivity index (χ0n) is 16.5. The van der Waals surface area contributed by atoms with Gasteiger partial charge in [0.05, 0.1) is 16.3 Å². The average molecular weight is 434 g/mol. The van der Waals surface area contributed by atoms with E-state index in [1.807, 2.05) is 30.3 Å². The number of carbonyl (C=O) groups excluding carboxylic acids is 4. The number of nitrogens with zero attached hydrogens (tertiary/aromatic N) is 2. The number of carbonyl (C=O) groups is 4. The molecule has 0 spiro atoms. The Hall–Kier alpha value is -3.85. The van der Waals surface area contributed by atoms with E-state index in [1.54, 1.807) is 24.3 Å². The third-order valence-electron chi connectivity index (χ3n) is 4.65. The largest absolute Gasteiger partial charge is 0.298 e. The summed E-state index contributed by atoms with van der Waals surface area (Å²) in [5.41, 5.74) is 4.65. The number of hydrogen-bond acceptors (Lipinski definition) is 6. The number of thiazole rings is 1. The Labute approximate surface area is 181 Å². The highest BCUT2D eigenvalue weighted by Crippen LogP contribution is 2.31. The van der Waals surface area contributed by atoms with Gasteiger partial charge in [-0.05, 0) is 24.3 Å². The monoisotopic (exact) mass is 434 g/mol. The maximum absolute atomic E-state index is 12.7. The molecule has 2 N–H and O–H groups in total. The average Bonchev–Trinajstić information content (AvgIpc) is 3.20. The lowest BCUT2D eigenvalue weighted by Gasteiger charge is -2.27. The molecule has 3 amide bonds. The van der Waals surface area contributed by atoms with E-state index in [0.717, 1.165) is 16.9 Å². The zero-order valence-corrected chi connectivity index (χ0v) is 17.4. The van der Waals surface area contributed by atoms with Gasteiger partial charge >= 0.3 is 0 Å². The number of nitrogens with one attached hydrogen (secondary N) is 2. The van der Waals surface area contributed by atoms with Crippen molar-refractivity contribution in [3.8, 4) is 11.3 Å². The van der Waals surface area contributed by atoms with Crippen LogP contribution in [0, 0.1) is 0 Å². The molecule has 0 bridgehead atoms. The summed E-state index contributed by atoms with van der Waals surface area (Å²) >= 11 is 1.12. The number of hydrogen-bond donors (Lipinski definition) is 2. The molecule has 4 rings (SSSR count). The summed E-state index contributed by atoms with van der Waals surface area (Å²) in [6.45, 7) is 1.46. The SMILES string of the molecule is CC(=O)c1sc(NC(=O)c2ccc(N3NC(=O)CCC3=O)cc2)nc1-c1ccccc1. The number of hydrazine groups is 1. The van der Waals surface area contributed by atoms with E-state index < -0.39 is 5.91 Å². The second kappa shape index (κ2) is 8.49. The Bertz CT molecular complexity index is 1170. The van der Waals surface area contributed by atoms with Crippen LogP contribution in [0.15, 0.2) is 54.6 Å². The third-order valence-corrected chi connectivity index (χ3v) is 5.73. The summed E-state index contributed by atoms with van der Waals surface area (Å²) in [5, 5.41) is 4.22. The highest BCUT2D eigenvalue weighted by Gasteiger charge is 2.24. The van der Waals surface area contributed by atoms with Crippen molar-refractivity contribution in [3.05, 3.63) is 65.0 Å². The molecule has 0 unspecified atom stereocenters. The predicted molar refractivity (Wildman–Crippen MR) is 117 cm³/mol. The molecule has 0 aliphatic carbocycles. The van der Waals surface area contributed by atoms with Crippen LogP contribution in [0.2, 0.25) is 0 Å². The number of benzene rings is 2. The predicted octanol–water partition coefficient (Wildman–Crippen LogP) is 3.42. The van der Waals surface area contributed by atoms with E-state index in [-0.39, 0.29) is 30.4 Å². The van der Waals surface area contributed by atoms with E-state index in [0.29, 0.717) is 27.0 Å². The van der Waals surface area contributed by atoms with Gasteiger partial charge in [-0.25, -0.2) is 9.99 Å². The van der Waals surface area contributed by atoms with Gasteiger partial charge in [0.2, 0.25) is 11.8 Å². The van der Waals surface area contributed by atoms with Crippen molar-refractivity contribution in [2.24, 2.45) is 0 Å². The Morgan fingerprint density at radius 2 is 1.74 bits per heavy atom. The maximum atomic E-state index is 12.7. The summed E-state index contributed by atoms with van der Waals surface area (Å²) in [6.07, 6.45) is 0.303. The van der Waals surface area contributed by atoms with Crippen molar-refractivity contribution < 1.29 is 19.2 Å². The molecule has 1 aliphatic heterocycles. The summed E-state index contributed by atoms with van der Waals surface area (Å²) in [4.78, 5) is 53.2. The summed E-state index contributed by atoms with van der Waals surface area (Å²) < 4.78 is 0. The number of ketones is 1. The zero-order chi connectivity index (χ0) is 22.0. The minimum absolute atomic E-state index is 0.130. The molecule has 0 radical (unpaired) electrons. The Morgan fingerprint density at radius 1 is 1.03 bits per heavy atom. The molecule has 1 aromatic heterocycles. The molecule has 2 aromatic carbocycles. The first kappa shape index (κ1) is 20.4. The van der Waals surface area contributed by atoms with Crippen LogP contribution < -0.4 is 15.8 Å². The van der Waals surface area contributed by atoms with Crippen LogP contribution in [0.5, 0.6) is 0 Å². The fourth-order valence-electron chi connectivity index (χ4n) is 3.12. The molecule has 156 valence electrons. The molecule has 8 nitrogen and oxygen atoms in total. The Kier molecular flexibility index (Phi) is 5.59. The van der Waals surface area contributed by atoms with E-state index in [4.69, 9.17) is 0 Å². The van der Waals surface area contributed by atoms with Gasteiger partial charge in [-0.1, -0.05) is 41.7 Å². The molecule has 31 heavy (non-hydrogen) atoms. The highest BCUT2D eigenvalue weighted by molar-refractivity contribution is 7.18. The molecule has 9 heteroatoms.